The van der Waals surface area contributed by atoms with Crippen molar-refractivity contribution in [1.29, 1.82) is 0 Å². The first-order valence-electron chi connectivity index (χ1n) is 12.8. The molecular formula is C27H45NO2. The van der Waals surface area contributed by atoms with Crippen LogP contribution in [0, 0.1) is 46.3 Å². The predicted octanol–water partition coefficient (Wildman–Crippen LogP) is 5.51. The van der Waals surface area contributed by atoms with Crippen molar-refractivity contribution in [2.24, 2.45) is 52.1 Å². The molecule has 0 aromatic heterocycles. The second-order valence-corrected chi connectivity index (χ2v) is 12.1. The van der Waals surface area contributed by atoms with Crippen LogP contribution >= 0.6 is 0 Å². The summed E-state index contributed by atoms with van der Waals surface area (Å²) in [6.45, 7) is 10.3. The van der Waals surface area contributed by atoms with Gasteiger partial charge in [0.15, 0.2) is 0 Å². The van der Waals surface area contributed by atoms with E-state index in [-0.39, 0.29) is 22.9 Å². The van der Waals surface area contributed by atoms with Gasteiger partial charge in [0, 0.05) is 12.3 Å². The molecule has 0 aromatic rings. The van der Waals surface area contributed by atoms with E-state index in [1.54, 1.807) is 0 Å². The molecule has 0 amide bonds. The molecule has 0 aromatic carbocycles. The van der Waals surface area contributed by atoms with Gasteiger partial charge in [0.05, 0.1) is 6.10 Å². The molecule has 3 N–H and O–H groups in total. The average molecular weight is 416 g/mol. The van der Waals surface area contributed by atoms with Crippen LogP contribution in [-0.2, 0) is 4.79 Å². The molecule has 9 atom stereocenters. The maximum Gasteiger partial charge on any atom is 0.137 e. The van der Waals surface area contributed by atoms with Gasteiger partial charge in [-0.2, -0.15) is 0 Å². The third-order valence-electron chi connectivity index (χ3n) is 10.3. The Labute approximate surface area is 184 Å². The lowest BCUT2D eigenvalue weighted by Gasteiger charge is -2.58. The fourth-order valence-electron chi connectivity index (χ4n) is 8.51. The Morgan fingerprint density at radius 1 is 1.13 bits per heavy atom. The fourth-order valence-corrected chi connectivity index (χ4v) is 8.51. The second kappa shape index (κ2) is 8.35. The van der Waals surface area contributed by atoms with Crippen molar-refractivity contribution in [3.05, 3.63) is 11.6 Å². The first-order chi connectivity index (χ1) is 14.2. The van der Waals surface area contributed by atoms with Gasteiger partial charge in [-0.05, 0) is 98.3 Å². The standard InChI is InChI=1S/C27H45NO2/c1-17(16-28)6-5-7-18(2)25-24(30)15-23-21-9-8-19-14-20(29)10-12-26(19,3)22(21)11-13-27(23,25)4/h8,17-18,20-23,25,29H,5-7,9-16,28H2,1-4H3. The van der Waals surface area contributed by atoms with Crippen molar-refractivity contribution in [2.45, 2.75) is 98.0 Å². The summed E-state index contributed by atoms with van der Waals surface area (Å²) in [4.78, 5) is 13.4. The number of allylic oxidation sites excluding steroid dienone is 1. The molecule has 0 radical (unpaired) electrons. The molecule has 4 rings (SSSR count). The van der Waals surface area contributed by atoms with Gasteiger partial charge in [0.1, 0.15) is 5.78 Å². The summed E-state index contributed by atoms with van der Waals surface area (Å²) in [6, 6.07) is 0. The predicted molar refractivity (Wildman–Crippen MR) is 123 cm³/mol. The van der Waals surface area contributed by atoms with Crippen molar-refractivity contribution in [3.8, 4) is 0 Å². The summed E-state index contributed by atoms with van der Waals surface area (Å²) in [7, 11) is 0. The van der Waals surface area contributed by atoms with Crippen LogP contribution in [0.4, 0.5) is 0 Å². The van der Waals surface area contributed by atoms with Gasteiger partial charge in [-0.3, -0.25) is 4.79 Å². The van der Waals surface area contributed by atoms with Crippen LogP contribution in [0.25, 0.3) is 0 Å². The number of Topliss-reactive ketones (excluding diaryl/α,β-unsaturated/α-hetero) is 1. The highest BCUT2D eigenvalue weighted by molar-refractivity contribution is 5.85. The van der Waals surface area contributed by atoms with Crippen LogP contribution in [0.5, 0.6) is 0 Å². The van der Waals surface area contributed by atoms with E-state index >= 15 is 0 Å². The average Bonchev–Trinajstić information content (AvgIpc) is 2.98. The Morgan fingerprint density at radius 2 is 1.90 bits per heavy atom. The number of ketones is 1. The molecule has 30 heavy (non-hydrogen) atoms. The molecule has 0 heterocycles. The molecule has 3 fully saturated rings. The zero-order valence-electron chi connectivity index (χ0n) is 19.8. The summed E-state index contributed by atoms with van der Waals surface area (Å²) in [5, 5.41) is 10.2. The SMILES string of the molecule is CC(CN)CCCC(C)C1C(=O)CC2C3CC=C4CC(O)CCC4(C)C3CCC21C. The van der Waals surface area contributed by atoms with E-state index in [4.69, 9.17) is 5.73 Å². The van der Waals surface area contributed by atoms with E-state index in [1.165, 1.54) is 31.3 Å². The highest BCUT2D eigenvalue weighted by Gasteiger charge is 2.61. The summed E-state index contributed by atoms with van der Waals surface area (Å²) < 4.78 is 0. The molecular weight excluding hydrogens is 370 g/mol. The molecule has 4 aliphatic carbocycles. The molecule has 3 nitrogen and oxygen atoms in total. The van der Waals surface area contributed by atoms with Gasteiger partial charge >= 0.3 is 0 Å². The number of aliphatic hydroxyl groups excluding tert-OH is 1. The molecule has 3 saturated carbocycles. The van der Waals surface area contributed by atoms with E-state index < -0.39 is 0 Å². The molecule has 0 bridgehead atoms. The lowest BCUT2D eigenvalue weighted by molar-refractivity contribution is -0.124. The molecule has 4 aliphatic rings. The highest BCUT2D eigenvalue weighted by Crippen LogP contribution is 2.66. The van der Waals surface area contributed by atoms with Gasteiger partial charge in [-0.15, -0.1) is 0 Å². The number of aliphatic hydroxyl groups is 1. The Balaban J connectivity index is 1.51. The third kappa shape index (κ3) is 3.62. The first kappa shape index (κ1) is 22.5. The number of hydrogen-bond donors (Lipinski definition) is 2. The van der Waals surface area contributed by atoms with Crippen LogP contribution in [0.15, 0.2) is 11.6 Å². The minimum absolute atomic E-state index is 0.144. The highest BCUT2D eigenvalue weighted by atomic mass is 16.3. The molecule has 0 saturated heterocycles. The van der Waals surface area contributed by atoms with Gasteiger partial charge in [0.2, 0.25) is 0 Å². The van der Waals surface area contributed by atoms with Crippen molar-refractivity contribution < 1.29 is 9.90 Å². The van der Waals surface area contributed by atoms with Gasteiger partial charge in [-0.25, -0.2) is 0 Å². The van der Waals surface area contributed by atoms with Crippen molar-refractivity contribution in [3.63, 3.8) is 0 Å². The number of rotatable bonds is 6. The number of carbonyl (C=O) groups excluding carboxylic acids is 1. The Kier molecular flexibility index (Phi) is 6.27. The van der Waals surface area contributed by atoms with E-state index in [2.05, 4.69) is 33.8 Å². The third-order valence-corrected chi connectivity index (χ3v) is 10.3. The minimum Gasteiger partial charge on any atom is -0.393 e. The molecule has 3 heteroatoms. The van der Waals surface area contributed by atoms with Crippen molar-refractivity contribution in [2.75, 3.05) is 6.54 Å². The number of nitrogens with two attached hydrogens (primary N) is 1. The van der Waals surface area contributed by atoms with Gasteiger partial charge in [-0.1, -0.05) is 45.8 Å². The van der Waals surface area contributed by atoms with Crippen LogP contribution in [0.3, 0.4) is 0 Å². The topological polar surface area (TPSA) is 63.3 Å². The number of carbonyl (C=O) groups is 1. The summed E-state index contributed by atoms with van der Waals surface area (Å²) in [5.41, 5.74) is 7.76. The largest absolute Gasteiger partial charge is 0.393 e. The molecule has 9 unspecified atom stereocenters. The lowest BCUT2D eigenvalue weighted by atomic mass is 9.47. The number of hydrogen-bond acceptors (Lipinski definition) is 3. The Morgan fingerprint density at radius 3 is 2.63 bits per heavy atom. The fraction of sp³-hybridized carbons (Fsp3) is 0.889. The van der Waals surface area contributed by atoms with E-state index in [9.17, 15) is 9.90 Å². The van der Waals surface area contributed by atoms with Crippen LogP contribution in [0.1, 0.15) is 91.9 Å². The van der Waals surface area contributed by atoms with Crippen LogP contribution in [0.2, 0.25) is 0 Å². The Hall–Kier alpha value is -0.670. The summed E-state index contributed by atoms with van der Waals surface area (Å²) >= 11 is 0. The number of fused-ring (bicyclic) bond motifs is 5. The lowest BCUT2D eigenvalue weighted by Crippen LogP contribution is -2.51. The molecule has 170 valence electrons. The minimum atomic E-state index is -0.144. The maximum atomic E-state index is 13.4. The molecule has 0 aliphatic heterocycles. The maximum absolute atomic E-state index is 13.4. The quantitative estimate of drug-likeness (QED) is 0.563. The normalized spacial score (nSPS) is 45.2. The summed E-state index contributed by atoms with van der Waals surface area (Å²) in [6.07, 6.45) is 13.2. The summed E-state index contributed by atoms with van der Waals surface area (Å²) in [5.74, 6) is 3.81. The van der Waals surface area contributed by atoms with Gasteiger partial charge in [0.25, 0.3) is 0 Å². The Bertz CT molecular complexity index is 686. The smallest absolute Gasteiger partial charge is 0.137 e. The van der Waals surface area contributed by atoms with Crippen LogP contribution < -0.4 is 5.73 Å². The van der Waals surface area contributed by atoms with E-state index in [1.807, 2.05) is 0 Å². The molecule has 0 spiro atoms. The zero-order chi connectivity index (χ0) is 21.7. The first-order valence-corrected chi connectivity index (χ1v) is 12.8. The van der Waals surface area contributed by atoms with E-state index in [0.29, 0.717) is 35.4 Å². The van der Waals surface area contributed by atoms with Gasteiger partial charge < -0.3 is 10.8 Å². The van der Waals surface area contributed by atoms with Crippen molar-refractivity contribution >= 4 is 5.78 Å². The van der Waals surface area contributed by atoms with E-state index in [0.717, 1.165) is 45.1 Å². The van der Waals surface area contributed by atoms with Crippen LogP contribution in [-0.4, -0.2) is 23.5 Å². The monoisotopic (exact) mass is 415 g/mol. The second-order valence-electron chi connectivity index (χ2n) is 12.1. The van der Waals surface area contributed by atoms with Crippen molar-refractivity contribution in [1.82, 2.24) is 0 Å². The zero-order valence-corrected chi connectivity index (χ0v) is 19.8.